The Bertz CT molecular complexity index is 1050. The van der Waals surface area contributed by atoms with Crippen molar-refractivity contribution in [3.63, 3.8) is 0 Å². The standard InChI is InChI=1S/C21H21F3N6O3/c22-21(23,24)19-27-18(28-33-19)15-6-7-17(26-14-15)29-9-11-30(12-10-29)20(31)25-8-13-32-16-4-2-1-3-5-16/h1-7,14H,8-13H2,(H,25,31). The maximum atomic E-state index is 12.6. The van der Waals surface area contributed by atoms with Gasteiger partial charge in [0.1, 0.15) is 18.2 Å². The Morgan fingerprint density at radius 2 is 1.85 bits per heavy atom. The lowest BCUT2D eigenvalue weighted by Crippen LogP contribution is -2.52. The van der Waals surface area contributed by atoms with E-state index in [1.165, 1.54) is 6.20 Å². The van der Waals surface area contributed by atoms with Gasteiger partial charge in [0.2, 0.25) is 5.82 Å². The molecule has 9 nitrogen and oxygen atoms in total. The fourth-order valence-electron chi connectivity index (χ4n) is 3.26. The molecule has 3 heterocycles. The summed E-state index contributed by atoms with van der Waals surface area (Å²) in [5, 5.41) is 6.19. The van der Waals surface area contributed by atoms with Crippen molar-refractivity contribution in [3.05, 3.63) is 54.6 Å². The van der Waals surface area contributed by atoms with Crippen LogP contribution in [-0.4, -0.2) is 65.4 Å². The summed E-state index contributed by atoms with van der Waals surface area (Å²) < 4.78 is 47.6. The molecule has 174 valence electrons. The number of benzene rings is 1. The molecular formula is C21H21F3N6O3. The number of ether oxygens (including phenoxy) is 1. The first-order valence-electron chi connectivity index (χ1n) is 10.2. The van der Waals surface area contributed by atoms with Crippen LogP contribution in [0.2, 0.25) is 0 Å². The van der Waals surface area contributed by atoms with Gasteiger partial charge in [-0.3, -0.25) is 0 Å². The molecule has 0 radical (unpaired) electrons. The summed E-state index contributed by atoms with van der Waals surface area (Å²) in [5.41, 5.74) is 0.314. The second kappa shape index (κ2) is 9.76. The number of hydrogen-bond acceptors (Lipinski definition) is 7. The number of carbonyl (C=O) groups is 1. The van der Waals surface area contributed by atoms with Gasteiger partial charge in [-0.25, -0.2) is 9.78 Å². The van der Waals surface area contributed by atoms with Crippen molar-refractivity contribution in [1.29, 1.82) is 0 Å². The van der Waals surface area contributed by atoms with Crippen molar-refractivity contribution in [3.8, 4) is 17.1 Å². The number of urea groups is 1. The minimum atomic E-state index is -4.69. The zero-order valence-electron chi connectivity index (χ0n) is 17.5. The first-order chi connectivity index (χ1) is 15.9. The number of hydrogen-bond donors (Lipinski definition) is 1. The van der Waals surface area contributed by atoms with Crippen LogP contribution in [0.5, 0.6) is 5.75 Å². The van der Waals surface area contributed by atoms with Gasteiger partial charge >= 0.3 is 18.1 Å². The number of para-hydroxylation sites is 1. The quantitative estimate of drug-likeness (QED) is 0.563. The minimum Gasteiger partial charge on any atom is -0.492 e. The number of nitrogens with zero attached hydrogens (tertiary/aromatic N) is 5. The van der Waals surface area contributed by atoms with E-state index in [0.717, 1.165) is 5.75 Å². The molecule has 3 aromatic rings. The fraction of sp³-hybridized carbons (Fsp3) is 0.333. The van der Waals surface area contributed by atoms with E-state index in [4.69, 9.17) is 4.74 Å². The lowest BCUT2D eigenvalue weighted by Gasteiger charge is -2.35. The Morgan fingerprint density at radius 3 is 2.48 bits per heavy atom. The molecule has 2 amide bonds. The van der Waals surface area contributed by atoms with E-state index in [1.54, 1.807) is 17.0 Å². The van der Waals surface area contributed by atoms with Crippen LogP contribution in [-0.2, 0) is 6.18 Å². The molecule has 0 aliphatic carbocycles. The second-order valence-electron chi connectivity index (χ2n) is 7.19. The minimum absolute atomic E-state index is 0.160. The Morgan fingerprint density at radius 1 is 1.09 bits per heavy atom. The van der Waals surface area contributed by atoms with Gasteiger partial charge in [0.25, 0.3) is 0 Å². The Balaban J connectivity index is 1.23. The molecule has 1 aliphatic rings. The van der Waals surface area contributed by atoms with Crippen LogP contribution in [0.3, 0.4) is 0 Å². The van der Waals surface area contributed by atoms with E-state index < -0.39 is 12.1 Å². The fourth-order valence-corrected chi connectivity index (χ4v) is 3.26. The van der Waals surface area contributed by atoms with Gasteiger partial charge in [-0.1, -0.05) is 23.4 Å². The summed E-state index contributed by atoms with van der Waals surface area (Å²) in [4.78, 5) is 23.7. The van der Waals surface area contributed by atoms with Crippen LogP contribution >= 0.6 is 0 Å². The number of amides is 2. The summed E-state index contributed by atoms with van der Waals surface area (Å²) in [6.07, 6.45) is -3.30. The predicted octanol–water partition coefficient (Wildman–Crippen LogP) is 3.06. The van der Waals surface area contributed by atoms with E-state index >= 15 is 0 Å². The van der Waals surface area contributed by atoms with Gasteiger partial charge in [-0.2, -0.15) is 18.2 Å². The summed E-state index contributed by atoms with van der Waals surface area (Å²) >= 11 is 0. The molecule has 1 fully saturated rings. The maximum absolute atomic E-state index is 12.6. The highest BCUT2D eigenvalue weighted by molar-refractivity contribution is 5.74. The first-order valence-corrected chi connectivity index (χ1v) is 10.2. The molecule has 33 heavy (non-hydrogen) atoms. The van der Waals surface area contributed by atoms with Gasteiger partial charge in [-0.05, 0) is 24.3 Å². The van der Waals surface area contributed by atoms with E-state index in [2.05, 4.69) is 25.0 Å². The Hall–Kier alpha value is -3.83. The first kappa shape index (κ1) is 22.4. The van der Waals surface area contributed by atoms with Crippen LogP contribution in [0.15, 0.2) is 53.2 Å². The zero-order chi connectivity index (χ0) is 23.3. The highest BCUT2D eigenvalue weighted by Crippen LogP contribution is 2.29. The van der Waals surface area contributed by atoms with E-state index in [9.17, 15) is 18.0 Å². The number of nitrogens with one attached hydrogen (secondary N) is 1. The zero-order valence-corrected chi connectivity index (χ0v) is 17.5. The average molecular weight is 462 g/mol. The van der Waals surface area contributed by atoms with Crippen LogP contribution in [0.1, 0.15) is 5.89 Å². The highest BCUT2D eigenvalue weighted by Gasteiger charge is 2.38. The summed E-state index contributed by atoms with van der Waals surface area (Å²) in [6.45, 7) is 2.92. The molecule has 0 spiro atoms. The normalized spacial score (nSPS) is 14.3. The smallest absolute Gasteiger partial charge is 0.471 e. The number of piperazine rings is 1. The van der Waals surface area contributed by atoms with Gasteiger partial charge in [-0.15, -0.1) is 0 Å². The van der Waals surface area contributed by atoms with Crippen LogP contribution < -0.4 is 15.0 Å². The number of rotatable bonds is 6. The van der Waals surface area contributed by atoms with E-state index in [1.807, 2.05) is 35.2 Å². The molecular weight excluding hydrogens is 441 g/mol. The molecule has 1 N–H and O–H groups in total. The molecule has 4 rings (SSSR count). The van der Waals surface area contributed by atoms with Gasteiger partial charge in [0.05, 0.1) is 6.54 Å². The molecule has 1 aromatic carbocycles. The monoisotopic (exact) mass is 462 g/mol. The molecule has 2 aromatic heterocycles. The molecule has 1 aliphatic heterocycles. The van der Waals surface area contributed by atoms with Gasteiger partial charge < -0.3 is 24.4 Å². The molecule has 0 atom stereocenters. The van der Waals surface area contributed by atoms with Crippen molar-refractivity contribution < 1.29 is 27.2 Å². The molecule has 0 unspecified atom stereocenters. The highest BCUT2D eigenvalue weighted by atomic mass is 19.4. The van der Waals surface area contributed by atoms with Crippen molar-refractivity contribution in [2.75, 3.05) is 44.2 Å². The lowest BCUT2D eigenvalue weighted by molar-refractivity contribution is -0.159. The predicted molar refractivity (Wildman–Crippen MR) is 112 cm³/mol. The average Bonchev–Trinajstić information content (AvgIpc) is 3.34. The number of carbonyl (C=O) groups excluding carboxylic acids is 1. The number of aromatic nitrogens is 3. The maximum Gasteiger partial charge on any atom is 0.471 e. The molecule has 1 saturated heterocycles. The number of pyridine rings is 1. The number of alkyl halides is 3. The lowest BCUT2D eigenvalue weighted by atomic mass is 10.2. The van der Waals surface area contributed by atoms with Crippen molar-refractivity contribution in [2.45, 2.75) is 6.18 Å². The third-order valence-electron chi connectivity index (χ3n) is 4.96. The third kappa shape index (κ3) is 5.70. The van der Waals surface area contributed by atoms with Gasteiger partial charge in [0, 0.05) is 37.9 Å². The SMILES string of the molecule is O=C(NCCOc1ccccc1)N1CCN(c2ccc(-c3noc(C(F)(F)F)n3)cn2)CC1. The third-order valence-corrected chi connectivity index (χ3v) is 4.96. The molecule has 12 heteroatoms. The van der Waals surface area contributed by atoms with Crippen LogP contribution in [0.4, 0.5) is 23.8 Å². The van der Waals surface area contributed by atoms with Crippen molar-refractivity contribution in [1.82, 2.24) is 25.3 Å². The summed E-state index contributed by atoms with van der Waals surface area (Å²) in [5.74, 6) is -0.185. The number of anilines is 1. The topological polar surface area (TPSA) is 96.6 Å². The molecule has 0 bridgehead atoms. The van der Waals surface area contributed by atoms with Crippen molar-refractivity contribution in [2.24, 2.45) is 0 Å². The van der Waals surface area contributed by atoms with Gasteiger partial charge in [0.15, 0.2) is 0 Å². The van der Waals surface area contributed by atoms with E-state index in [0.29, 0.717) is 50.7 Å². The summed E-state index contributed by atoms with van der Waals surface area (Å²) in [6, 6.07) is 12.5. The number of halogens is 3. The Labute approximate surface area is 187 Å². The van der Waals surface area contributed by atoms with Crippen LogP contribution in [0.25, 0.3) is 11.4 Å². The largest absolute Gasteiger partial charge is 0.492 e. The Kier molecular flexibility index (Phi) is 6.61. The second-order valence-corrected chi connectivity index (χ2v) is 7.19. The molecule has 0 saturated carbocycles. The van der Waals surface area contributed by atoms with E-state index in [-0.39, 0.29) is 11.9 Å². The van der Waals surface area contributed by atoms with Crippen molar-refractivity contribution >= 4 is 11.8 Å². The van der Waals surface area contributed by atoms with Crippen LogP contribution in [0, 0.1) is 0 Å². The summed E-state index contributed by atoms with van der Waals surface area (Å²) in [7, 11) is 0.